The lowest BCUT2D eigenvalue weighted by Crippen LogP contribution is -2.63. The highest BCUT2D eigenvalue weighted by molar-refractivity contribution is 5.92. The molecule has 126 valence electrons. The highest BCUT2D eigenvalue weighted by atomic mass is 16.5. The van der Waals surface area contributed by atoms with E-state index < -0.39 is 0 Å². The van der Waals surface area contributed by atoms with E-state index in [2.05, 4.69) is 6.92 Å². The molecular weight excluding hydrogens is 296 g/mol. The fraction of sp³-hybridized carbons (Fsp3) is 0.647. The van der Waals surface area contributed by atoms with Gasteiger partial charge in [0.15, 0.2) is 5.76 Å². The van der Waals surface area contributed by atoms with Gasteiger partial charge in [-0.3, -0.25) is 9.59 Å². The summed E-state index contributed by atoms with van der Waals surface area (Å²) >= 11 is 0. The Hall–Kier alpha value is -1.82. The third kappa shape index (κ3) is 2.87. The van der Waals surface area contributed by atoms with Crippen molar-refractivity contribution in [3.8, 4) is 0 Å². The zero-order chi connectivity index (χ0) is 16.6. The van der Waals surface area contributed by atoms with Gasteiger partial charge >= 0.3 is 0 Å². The van der Waals surface area contributed by atoms with Crippen molar-refractivity contribution < 1.29 is 18.7 Å². The van der Waals surface area contributed by atoms with Crippen molar-refractivity contribution in [1.82, 2.24) is 9.80 Å². The average Bonchev–Trinajstić information content (AvgIpc) is 3.19. The van der Waals surface area contributed by atoms with E-state index in [1.165, 1.54) is 6.26 Å². The van der Waals surface area contributed by atoms with E-state index in [-0.39, 0.29) is 29.6 Å². The molecule has 3 rings (SSSR count). The SMILES string of the molecule is CC[C@H](C)N(C)C(=O)[C@H]1CCC2(CN(C(=O)c3ccco3)C2)O1. The zero-order valence-electron chi connectivity index (χ0n) is 13.9. The summed E-state index contributed by atoms with van der Waals surface area (Å²) in [5.74, 6) is 0.282. The molecule has 0 unspecified atom stereocenters. The van der Waals surface area contributed by atoms with Crippen LogP contribution in [0.15, 0.2) is 22.8 Å². The molecule has 0 bridgehead atoms. The Morgan fingerprint density at radius 2 is 2.22 bits per heavy atom. The van der Waals surface area contributed by atoms with Crippen molar-refractivity contribution in [2.45, 2.75) is 50.9 Å². The topological polar surface area (TPSA) is 63.0 Å². The molecule has 2 aliphatic heterocycles. The zero-order valence-corrected chi connectivity index (χ0v) is 13.9. The van der Waals surface area contributed by atoms with E-state index in [1.54, 1.807) is 21.9 Å². The number of hydrogen-bond acceptors (Lipinski definition) is 4. The second-order valence-electron chi connectivity index (χ2n) is 6.67. The van der Waals surface area contributed by atoms with Crippen LogP contribution in [0.4, 0.5) is 0 Å². The van der Waals surface area contributed by atoms with Crippen molar-refractivity contribution in [1.29, 1.82) is 0 Å². The van der Waals surface area contributed by atoms with Crippen LogP contribution in [0.25, 0.3) is 0 Å². The molecule has 6 heteroatoms. The molecule has 2 atom stereocenters. The van der Waals surface area contributed by atoms with E-state index in [4.69, 9.17) is 9.15 Å². The van der Waals surface area contributed by atoms with Crippen molar-refractivity contribution in [2.75, 3.05) is 20.1 Å². The van der Waals surface area contributed by atoms with Crippen LogP contribution in [0, 0.1) is 0 Å². The summed E-state index contributed by atoms with van der Waals surface area (Å²) in [7, 11) is 1.83. The number of carbonyl (C=O) groups excluding carboxylic acids is 2. The monoisotopic (exact) mass is 320 g/mol. The predicted molar refractivity (Wildman–Crippen MR) is 84.0 cm³/mol. The third-order valence-corrected chi connectivity index (χ3v) is 5.11. The Bertz CT molecular complexity index is 577. The highest BCUT2D eigenvalue weighted by Gasteiger charge is 2.53. The number of rotatable bonds is 4. The Labute approximate surface area is 136 Å². The number of ether oxygens (including phenoxy) is 1. The summed E-state index contributed by atoms with van der Waals surface area (Å²) in [6.07, 6.45) is 3.58. The molecule has 0 radical (unpaired) electrons. The summed E-state index contributed by atoms with van der Waals surface area (Å²) in [5, 5.41) is 0. The minimum absolute atomic E-state index is 0.0482. The van der Waals surface area contributed by atoms with E-state index in [0.29, 0.717) is 18.8 Å². The lowest BCUT2D eigenvalue weighted by Gasteiger charge is -2.47. The van der Waals surface area contributed by atoms with Crippen molar-refractivity contribution >= 4 is 11.8 Å². The normalized spacial score (nSPS) is 23.6. The van der Waals surface area contributed by atoms with Crippen LogP contribution >= 0.6 is 0 Å². The lowest BCUT2D eigenvalue weighted by molar-refractivity contribution is -0.159. The second kappa shape index (κ2) is 6.00. The van der Waals surface area contributed by atoms with Gasteiger partial charge in [-0.05, 0) is 38.3 Å². The molecule has 0 aliphatic carbocycles. The van der Waals surface area contributed by atoms with E-state index >= 15 is 0 Å². The molecule has 3 heterocycles. The number of carbonyl (C=O) groups is 2. The van der Waals surface area contributed by atoms with Gasteiger partial charge in [0, 0.05) is 13.1 Å². The van der Waals surface area contributed by atoms with Crippen LogP contribution in [0.3, 0.4) is 0 Å². The van der Waals surface area contributed by atoms with Crippen LogP contribution in [-0.4, -0.2) is 59.5 Å². The van der Waals surface area contributed by atoms with Crippen LogP contribution in [0.2, 0.25) is 0 Å². The first-order valence-corrected chi connectivity index (χ1v) is 8.23. The molecule has 2 saturated heterocycles. The van der Waals surface area contributed by atoms with E-state index in [1.807, 2.05) is 14.0 Å². The van der Waals surface area contributed by atoms with Gasteiger partial charge in [0.1, 0.15) is 11.7 Å². The first-order chi connectivity index (χ1) is 11.0. The largest absolute Gasteiger partial charge is 0.459 e. The lowest BCUT2D eigenvalue weighted by atomic mass is 9.90. The second-order valence-corrected chi connectivity index (χ2v) is 6.67. The Balaban J connectivity index is 1.55. The van der Waals surface area contributed by atoms with Gasteiger partial charge in [-0.2, -0.15) is 0 Å². The number of hydrogen-bond donors (Lipinski definition) is 0. The summed E-state index contributed by atoms with van der Waals surface area (Å²) in [5.41, 5.74) is -0.348. The van der Waals surface area contributed by atoms with E-state index in [9.17, 15) is 9.59 Å². The van der Waals surface area contributed by atoms with Crippen LogP contribution in [-0.2, 0) is 9.53 Å². The molecule has 6 nitrogen and oxygen atoms in total. The quantitative estimate of drug-likeness (QED) is 0.850. The van der Waals surface area contributed by atoms with Crippen LogP contribution < -0.4 is 0 Å². The summed E-state index contributed by atoms with van der Waals surface area (Å²) in [6, 6.07) is 3.57. The summed E-state index contributed by atoms with van der Waals surface area (Å²) < 4.78 is 11.2. The number of amides is 2. The minimum Gasteiger partial charge on any atom is -0.459 e. The molecular formula is C17H24N2O4. The van der Waals surface area contributed by atoms with Gasteiger partial charge in [-0.25, -0.2) is 0 Å². The summed E-state index contributed by atoms with van der Waals surface area (Å²) in [6.45, 7) is 5.16. The minimum atomic E-state index is -0.380. The predicted octanol–water partition coefficient (Wildman–Crippen LogP) is 1.91. The van der Waals surface area contributed by atoms with Gasteiger partial charge in [0.2, 0.25) is 0 Å². The molecule has 1 aromatic rings. The van der Waals surface area contributed by atoms with Gasteiger partial charge in [0.25, 0.3) is 11.8 Å². The molecule has 0 saturated carbocycles. The van der Waals surface area contributed by atoms with Crippen molar-refractivity contribution in [3.05, 3.63) is 24.2 Å². The van der Waals surface area contributed by atoms with Crippen molar-refractivity contribution in [2.24, 2.45) is 0 Å². The number of likely N-dealkylation sites (tertiary alicyclic amines) is 1. The molecule has 23 heavy (non-hydrogen) atoms. The Kier molecular flexibility index (Phi) is 4.19. The first-order valence-electron chi connectivity index (χ1n) is 8.23. The van der Waals surface area contributed by atoms with Gasteiger partial charge in [-0.15, -0.1) is 0 Å². The number of nitrogens with zero attached hydrogens (tertiary/aromatic N) is 2. The molecule has 2 aliphatic rings. The Morgan fingerprint density at radius 3 is 2.83 bits per heavy atom. The number of likely N-dealkylation sites (N-methyl/N-ethyl adjacent to an activating group) is 1. The fourth-order valence-electron chi connectivity index (χ4n) is 3.29. The third-order valence-electron chi connectivity index (χ3n) is 5.11. The molecule has 0 aromatic carbocycles. The average molecular weight is 320 g/mol. The van der Waals surface area contributed by atoms with Gasteiger partial charge in [-0.1, -0.05) is 6.92 Å². The van der Waals surface area contributed by atoms with Crippen molar-refractivity contribution in [3.63, 3.8) is 0 Å². The molecule has 1 spiro atoms. The smallest absolute Gasteiger partial charge is 0.289 e. The maximum atomic E-state index is 12.5. The van der Waals surface area contributed by atoms with Gasteiger partial charge in [0.05, 0.1) is 19.4 Å². The first kappa shape index (κ1) is 16.1. The maximum absolute atomic E-state index is 12.5. The Morgan fingerprint density at radius 1 is 1.48 bits per heavy atom. The molecule has 0 N–H and O–H groups in total. The molecule has 1 aromatic heterocycles. The van der Waals surface area contributed by atoms with Crippen LogP contribution in [0.1, 0.15) is 43.7 Å². The van der Waals surface area contributed by atoms with E-state index in [0.717, 1.165) is 19.3 Å². The summed E-state index contributed by atoms with van der Waals surface area (Å²) in [4.78, 5) is 28.1. The highest BCUT2D eigenvalue weighted by Crippen LogP contribution is 2.39. The fourth-order valence-corrected chi connectivity index (χ4v) is 3.29. The maximum Gasteiger partial charge on any atom is 0.289 e. The molecule has 2 amide bonds. The van der Waals surface area contributed by atoms with Gasteiger partial charge < -0.3 is 19.0 Å². The van der Waals surface area contributed by atoms with Crippen LogP contribution in [0.5, 0.6) is 0 Å². The molecule has 2 fully saturated rings. The number of furan rings is 1. The standard InChI is InChI=1S/C17H24N2O4/c1-4-12(2)18(3)15(20)14-7-8-17(23-14)10-19(11-17)16(21)13-6-5-9-22-13/h5-6,9,12,14H,4,7-8,10-11H2,1-3H3/t12-,14+/m0/s1.